The van der Waals surface area contributed by atoms with Crippen LogP contribution in [0, 0.1) is 5.41 Å². The highest BCUT2D eigenvalue weighted by molar-refractivity contribution is 6.34. The predicted molar refractivity (Wildman–Crippen MR) is 128 cm³/mol. The molecule has 2 aliphatic carbocycles. The number of carboxylic acid groups (broad SMARTS) is 1. The molecule has 2 fully saturated rings. The van der Waals surface area contributed by atoms with E-state index in [4.69, 9.17) is 26.8 Å². The number of rotatable bonds is 8. The van der Waals surface area contributed by atoms with Crippen LogP contribution >= 0.6 is 11.6 Å². The van der Waals surface area contributed by atoms with E-state index in [-0.39, 0.29) is 16.6 Å². The van der Waals surface area contributed by atoms with Gasteiger partial charge >= 0.3 is 5.97 Å². The number of hydrogen-bond acceptors (Lipinski definition) is 6. The lowest BCUT2D eigenvalue weighted by Gasteiger charge is -2.27. The van der Waals surface area contributed by atoms with Crippen molar-refractivity contribution in [1.29, 1.82) is 0 Å². The van der Waals surface area contributed by atoms with E-state index in [2.05, 4.69) is 4.98 Å². The van der Waals surface area contributed by atoms with Gasteiger partial charge in [0.15, 0.2) is 0 Å². The molecule has 0 bridgehead atoms. The zero-order valence-electron chi connectivity index (χ0n) is 18.8. The second-order valence-electron chi connectivity index (χ2n) is 8.75. The molecule has 0 spiro atoms. The maximum Gasteiger partial charge on any atom is 0.319 e. The maximum atomic E-state index is 13.2. The molecule has 0 radical (unpaired) electrons. The summed E-state index contributed by atoms with van der Waals surface area (Å²) in [5.41, 5.74) is 5.33. The molecule has 3 aromatic rings. The number of ether oxygens (including phenoxy) is 2. The lowest BCUT2D eigenvalue weighted by Crippen LogP contribution is -2.42. The molecule has 10 heteroatoms. The smallest absolute Gasteiger partial charge is 0.319 e. The lowest BCUT2D eigenvalue weighted by atomic mass is 10.0. The van der Waals surface area contributed by atoms with Gasteiger partial charge in [-0.2, -0.15) is 0 Å². The third kappa shape index (κ3) is 4.01. The standard InChI is InChI=1S/C25H22ClN3O6/c1-34-21-12-18-15(11-16(21)22(27)30)20(6-9-28-18)35-14-4-5-19(17(26)10-14)29(13-2-3-13)23(31)25(7-8-25)24(32)33/h4-6,9-13H,2-3,7-8H2,1H3,(H2,27,30)(H,32,33). The number of carbonyl (C=O) groups is 3. The van der Waals surface area contributed by atoms with Gasteiger partial charge in [-0.15, -0.1) is 0 Å². The number of nitrogens with two attached hydrogens (primary N) is 1. The summed E-state index contributed by atoms with van der Waals surface area (Å²) < 4.78 is 11.3. The Morgan fingerprint density at radius 2 is 1.89 bits per heavy atom. The van der Waals surface area contributed by atoms with Gasteiger partial charge < -0.3 is 25.2 Å². The van der Waals surface area contributed by atoms with Crippen molar-refractivity contribution in [2.45, 2.75) is 31.7 Å². The Kier molecular flexibility index (Phi) is 5.52. The average Bonchev–Trinajstić information content (AvgIpc) is 3.74. The zero-order chi connectivity index (χ0) is 24.9. The largest absolute Gasteiger partial charge is 0.496 e. The van der Waals surface area contributed by atoms with Crippen LogP contribution in [0.1, 0.15) is 36.0 Å². The van der Waals surface area contributed by atoms with Gasteiger partial charge in [0.25, 0.3) is 5.91 Å². The fourth-order valence-corrected chi connectivity index (χ4v) is 4.41. The van der Waals surface area contributed by atoms with Crippen LogP contribution in [0.2, 0.25) is 5.02 Å². The van der Waals surface area contributed by atoms with E-state index in [0.29, 0.717) is 46.7 Å². The molecule has 2 saturated carbocycles. The van der Waals surface area contributed by atoms with Crippen molar-refractivity contribution < 1.29 is 29.0 Å². The zero-order valence-corrected chi connectivity index (χ0v) is 19.5. The molecule has 2 amide bonds. The van der Waals surface area contributed by atoms with Crippen LogP contribution in [0.15, 0.2) is 42.6 Å². The van der Waals surface area contributed by atoms with Crippen LogP contribution in [-0.4, -0.2) is 41.0 Å². The summed E-state index contributed by atoms with van der Waals surface area (Å²) in [5, 5.41) is 10.4. The van der Waals surface area contributed by atoms with Crippen molar-refractivity contribution in [3.63, 3.8) is 0 Å². The van der Waals surface area contributed by atoms with Crippen molar-refractivity contribution in [2.75, 3.05) is 12.0 Å². The minimum atomic E-state index is -1.35. The Morgan fingerprint density at radius 3 is 2.46 bits per heavy atom. The van der Waals surface area contributed by atoms with Gasteiger partial charge in [-0.25, -0.2) is 0 Å². The van der Waals surface area contributed by atoms with Gasteiger partial charge in [0.05, 0.1) is 28.9 Å². The quantitative estimate of drug-likeness (QED) is 0.448. The Bertz CT molecular complexity index is 1380. The van der Waals surface area contributed by atoms with Crippen molar-refractivity contribution in [3.05, 3.63) is 53.2 Å². The summed E-state index contributed by atoms with van der Waals surface area (Å²) in [6, 6.07) is 9.64. The molecule has 180 valence electrons. The topological polar surface area (TPSA) is 132 Å². The van der Waals surface area contributed by atoms with Crippen LogP contribution < -0.4 is 20.1 Å². The average molecular weight is 496 g/mol. The summed E-state index contributed by atoms with van der Waals surface area (Å²) in [6.45, 7) is 0. The van der Waals surface area contributed by atoms with Gasteiger partial charge in [-0.3, -0.25) is 19.4 Å². The highest BCUT2D eigenvalue weighted by atomic mass is 35.5. The number of aliphatic carboxylic acids is 1. The molecule has 0 unspecified atom stereocenters. The lowest BCUT2D eigenvalue weighted by molar-refractivity contribution is -0.148. The van der Waals surface area contributed by atoms with Crippen LogP contribution in [0.4, 0.5) is 5.69 Å². The van der Waals surface area contributed by atoms with Gasteiger partial charge in [-0.05, 0) is 49.9 Å². The number of carbonyl (C=O) groups excluding carboxylic acids is 2. The molecule has 35 heavy (non-hydrogen) atoms. The molecule has 2 aliphatic rings. The Labute approximate surface area is 205 Å². The number of primary amides is 1. The van der Waals surface area contributed by atoms with E-state index in [1.54, 1.807) is 42.6 Å². The first-order valence-corrected chi connectivity index (χ1v) is 11.4. The third-order valence-electron chi connectivity index (χ3n) is 6.39. The normalized spacial score (nSPS) is 15.9. The second kappa shape index (κ2) is 8.42. The first-order valence-electron chi connectivity index (χ1n) is 11.1. The van der Waals surface area contributed by atoms with Crippen molar-refractivity contribution in [3.8, 4) is 17.2 Å². The number of hydrogen-bond donors (Lipinski definition) is 2. The van der Waals surface area contributed by atoms with E-state index in [1.165, 1.54) is 12.0 Å². The molecule has 9 nitrogen and oxygen atoms in total. The Morgan fingerprint density at radius 1 is 1.14 bits per heavy atom. The van der Waals surface area contributed by atoms with Crippen LogP contribution in [0.5, 0.6) is 17.2 Å². The molecule has 1 heterocycles. The van der Waals surface area contributed by atoms with Gasteiger partial charge in [0, 0.05) is 29.8 Å². The van der Waals surface area contributed by atoms with Crippen molar-refractivity contribution >= 4 is 46.0 Å². The number of benzene rings is 2. The van der Waals surface area contributed by atoms with Crippen molar-refractivity contribution in [1.82, 2.24) is 4.98 Å². The van der Waals surface area contributed by atoms with Gasteiger partial charge in [-0.1, -0.05) is 11.6 Å². The molecular weight excluding hydrogens is 474 g/mol. The van der Waals surface area contributed by atoms with Crippen LogP contribution in [0.3, 0.4) is 0 Å². The summed E-state index contributed by atoms with van der Waals surface area (Å²) >= 11 is 6.57. The SMILES string of the molecule is COc1cc2nccc(Oc3ccc(N(C(=O)C4(C(=O)O)CC4)C4CC4)c(Cl)c3)c2cc1C(N)=O. The number of carboxylic acids is 1. The monoisotopic (exact) mass is 495 g/mol. The maximum absolute atomic E-state index is 13.2. The van der Waals surface area contributed by atoms with Crippen molar-refractivity contribution in [2.24, 2.45) is 11.1 Å². The van der Waals surface area contributed by atoms with E-state index in [1.807, 2.05) is 0 Å². The number of aromatic nitrogens is 1. The Hall–Kier alpha value is -3.85. The highest BCUT2D eigenvalue weighted by Crippen LogP contribution is 2.51. The van der Waals surface area contributed by atoms with Crippen LogP contribution in [0.25, 0.3) is 10.9 Å². The summed E-state index contributed by atoms with van der Waals surface area (Å²) in [5.74, 6) is -1.05. The number of amides is 2. The number of halogens is 1. The molecule has 0 saturated heterocycles. The molecule has 1 aromatic heterocycles. The minimum absolute atomic E-state index is 0.0602. The van der Waals surface area contributed by atoms with E-state index in [9.17, 15) is 19.5 Å². The first kappa shape index (κ1) is 22.9. The number of fused-ring (bicyclic) bond motifs is 1. The number of pyridine rings is 1. The molecule has 0 atom stereocenters. The molecule has 3 N–H and O–H groups in total. The van der Waals surface area contributed by atoms with E-state index < -0.39 is 23.2 Å². The highest BCUT2D eigenvalue weighted by Gasteiger charge is 2.60. The third-order valence-corrected chi connectivity index (χ3v) is 6.70. The molecular formula is C25H22ClN3O6. The van der Waals surface area contributed by atoms with Gasteiger partial charge in [0.1, 0.15) is 22.7 Å². The minimum Gasteiger partial charge on any atom is -0.496 e. The van der Waals surface area contributed by atoms with Crippen LogP contribution in [-0.2, 0) is 9.59 Å². The molecule has 0 aliphatic heterocycles. The summed E-state index contributed by atoms with van der Waals surface area (Å²) in [7, 11) is 1.44. The fourth-order valence-electron chi connectivity index (χ4n) is 4.15. The second-order valence-corrected chi connectivity index (χ2v) is 9.16. The molecule has 2 aromatic carbocycles. The van der Waals surface area contributed by atoms with E-state index >= 15 is 0 Å². The fraction of sp³-hybridized carbons (Fsp3) is 0.280. The predicted octanol–water partition coefficient (Wildman–Crippen LogP) is 4.15. The molecule has 5 rings (SSSR count). The van der Waals surface area contributed by atoms with E-state index in [0.717, 1.165) is 12.8 Å². The number of methoxy groups -OCH3 is 1. The summed E-state index contributed by atoms with van der Waals surface area (Å²) in [6.07, 6.45) is 3.81. The van der Waals surface area contributed by atoms with Gasteiger partial charge in [0.2, 0.25) is 5.91 Å². The number of nitrogens with zero attached hydrogens (tertiary/aromatic N) is 2. The Balaban J connectivity index is 1.47. The first-order chi connectivity index (χ1) is 16.7. The summed E-state index contributed by atoms with van der Waals surface area (Å²) in [4.78, 5) is 42.6. The number of anilines is 1.